The van der Waals surface area contributed by atoms with Crippen LogP contribution in [0.2, 0.25) is 0 Å². The Morgan fingerprint density at radius 2 is 1.80 bits per heavy atom. The van der Waals surface area contributed by atoms with Crippen LogP contribution in [0.3, 0.4) is 0 Å². The number of ether oxygens (including phenoxy) is 4. The number of carbonyl (C=O) groups excluding carboxylic acids is 2. The average molecular weight is 756 g/mol. The number of alkyl halides is 3. The molecular weight excluding hydrogens is 714 g/mol. The number of nitrogens with zero attached hydrogens (tertiary/aromatic N) is 4. The number of rotatable bonds is 14. The minimum Gasteiger partial charge on any atom is -0.497 e. The first kappa shape index (κ1) is 39.7. The zero-order valence-corrected chi connectivity index (χ0v) is 30.2. The first-order valence-electron chi connectivity index (χ1n) is 17.1. The average Bonchev–Trinajstić information content (AvgIpc) is 3.13. The number of piperazine rings is 1. The molecular formula is C37H41F4N7O6. The third-order valence-corrected chi connectivity index (χ3v) is 8.49. The number of amides is 2. The first-order chi connectivity index (χ1) is 25.8. The second-order valence-corrected chi connectivity index (χ2v) is 12.3. The molecule has 0 aliphatic carbocycles. The molecule has 3 N–H and O–H groups in total. The summed E-state index contributed by atoms with van der Waals surface area (Å²) in [6.07, 6.45) is -1.62. The van der Waals surface area contributed by atoms with Gasteiger partial charge in [0.1, 0.15) is 18.2 Å². The zero-order chi connectivity index (χ0) is 38.8. The van der Waals surface area contributed by atoms with Crippen LogP contribution in [0.1, 0.15) is 42.7 Å². The van der Waals surface area contributed by atoms with E-state index in [1.54, 1.807) is 25.0 Å². The maximum absolute atomic E-state index is 15.3. The molecule has 1 aliphatic rings. The smallest absolute Gasteiger partial charge is 0.416 e. The zero-order valence-electron chi connectivity index (χ0n) is 30.2. The Morgan fingerprint density at radius 3 is 2.48 bits per heavy atom. The minimum atomic E-state index is -4.84. The van der Waals surface area contributed by atoms with Crippen molar-refractivity contribution in [3.8, 4) is 28.8 Å². The molecule has 54 heavy (non-hydrogen) atoms. The summed E-state index contributed by atoms with van der Waals surface area (Å²) in [7, 11) is 1.59. The molecule has 0 bridgehead atoms. The summed E-state index contributed by atoms with van der Waals surface area (Å²) in [4.78, 5) is 39.0. The van der Waals surface area contributed by atoms with Gasteiger partial charge in [0.15, 0.2) is 11.6 Å². The Hall–Kier alpha value is -5.55. The number of aromatic nitrogens is 3. The molecule has 3 heterocycles. The van der Waals surface area contributed by atoms with Crippen molar-refractivity contribution in [3.63, 3.8) is 0 Å². The standard InChI is InChI=1S/C37H41F4N7O6/c1-5-52-33-15-25(17-44-35(33)54-21-24-6-8-28(51-4)9-7-24)34-43-19-32(22(2)45-34)47-36(50)46-31-16-29(37(39,40)41)26(14-30(31)38)20-48-12-11-42-18-27(48)10-13-53-23(3)49/h6-9,14-17,19,27,42H,5,10-13,18,20-21H2,1-4H3,(H2,46,47,50). The molecule has 13 nitrogen and oxygen atoms in total. The van der Waals surface area contributed by atoms with Gasteiger partial charge in [-0.15, -0.1) is 0 Å². The van der Waals surface area contributed by atoms with Crippen molar-refractivity contribution in [2.45, 2.75) is 52.6 Å². The summed E-state index contributed by atoms with van der Waals surface area (Å²) in [6, 6.07) is 9.18. The van der Waals surface area contributed by atoms with E-state index in [0.717, 1.165) is 17.4 Å². The van der Waals surface area contributed by atoms with Crippen LogP contribution < -0.4 is 30.2 Å². The highest BCUT2D eigenvalue weighted by molar-refractivity contribution is 6.00. The van der Waals surface area contributed by atoms with Crippen molar-refractivity contribution in [1.82, 2.24) is 25.2 Å². The highest BCUT2D eigenvalue weighted by Gasteiger charge is 2.36. The molecule has 1 atom stereocenters. The van der Waals surface area contributed by atoms with Crippen molar-refractivity contribution in [2.24, 2.45) is 0 Å². The number of hydrogen-bond acceptors (Lipinski definition) is 11. The highest BCUT2D eigenvalue weighted by atomic mass is 19.4. The lowest BCUT2D eigenvalue weighted by Crippen LogP contribution is -2.51. The van der Waals surface area contributed by atoms with E-state index in [2.05, 4.69) is 30.9 Å². The fourth-order valence-corrected chi connectivity index (χ4v) is 5.76. The van der Waals surface area contributed by atoms with Crippen molar-refractivity contribution in [1.29, 1.82) is 0 Å². The van der Waals surface area contributed by atoms with Gasteiger partial charge in [-0.3, -0.25) is 9.69 Å². The highest BCUT2D eigenvalue weighted by Crippen LogP contribution is 2.36. The van der Waals surface area contributed by atoms with Crippen LogP contribution in [0.5, 0.6) is 17.4 Å². The van der Waals surface area contributed by atoms with Gasteiger partial charge in [-0.1, -0.05) is 12.1 Å². The number of anilines is 2. The number of methoxy groups -OCH3 is 1. The van der Waals surface area contributed by atoms with Gasteiger partial charge in [0.05, 0.1) is 49.2 Å². The van der Waals surface area contributed by atoms with E-state index in [9.17, 15) is 22.8 Å². The number of carbonyl (C=O) groups is 2. The SMILES string of the molecule is CCOc1cc(-c2ncc(NC(=O)Nc3cc(C(F)(F)F)c(CN4CCNCC4CCOC(C)=O)cc3F)c(C)n2)cnc1OCc1ccc(OC)cc1. The Bertz CT molecular complexity index is 1930. The van der Waals surface area contributed by atoms with Crippen molar-refractivity contribution in [2.75, 3.05) is 50.6 Å². The number of esters is 1. The number of aryl methyl sites for hydroxylation is 1. The number of urea groups is 1. The summed E-state index contributed by atoms with van der Waals surface area (Å²) < 4.78 is 79.9. The number of nitrogens with one attached hydrogen (secondary N) is 3. The van der Waals surface area contributed by atoms with Gasteiger partial charge in [0, 0.05) is 50.9 Å². The molecule has 1 fully saturated rings. The van der Waals surface area contributed by atoms with Crippen LogP contribution >= 0.6 is 0 Å². The lowest BCUT2D eigenvalue weighted by molar-refractivity contribution is -0.142. The van der Waals surface area contributed by atoms with E-state index in [1.807, 2.05) is 31.2 Å². The molecule has 288 valence electrons. The minimum absolute atomic E-state index is 0.102. The number of hydrogen-bond donors (Lipinski definition) is 3. The van der Waals surface area contributed by atoms with Crippen LogP contribution in [-0.2, 0) is 28.9 Å². The maximum Gasteiger partial charge on any atom is 0.416 e. The van der Waals surface area contributed by atoms with Gasteiger partial charge < -0.3 is 34.9 Å². The van der Waals surface area contributed by atoms with E-state index in [0.29, 0.717) is 55.7 Å². The molecule has 1 saturated heterocycles. The van der Waals surface area contributed by atoms with E-state index in [4.69, 9.17) is 18.9 Å². The van der Waals surface area contributed by atoms with Crippen LogP contribution in [-0.4, -0.2) is 77.9 Å². The van der Waals surface area contributed by atoms with Crippen molar-refractivity contribution in [3.05, 3.63) is 83.1 Å². The Morgan fingerprint density at radius 1 is 1.04 bits per heavy atom. The molecule has 1 unspecified atom stereocenters. The van der Waals surface area contributed by atoms with Crippen molar-refractivity contribution >= 4 is 23.4 Å². The summed E-state index contributed by atoms with van der Waals surface area (Å²) in [5, 5.41) is 7.83. The molecule has 2 aromatic heterocycles. The lowest BCUT2D eigenvalue weighted by Gasteiger charge is -2.36. The summed E-state index contributed by atoms with van der Waals surface area (Å²) in [5.41, 5.74) is -0.187. The van der Waals surface area contributed by atoms with E-state index in [-0.39, 0.29) is 48.8 Å². The Labute approximate surface area is 309 Å². The topological polar surface area (TPSA) is 149 Å². The second kappa shape index (κ2) is 18.0. The number of halogens is 4. The monoisotopic (exact) mass is 755 g/mol. The molecule has 4 aromatic rings. The molecule has 0 saturated carbocycles. The Balaban J connectivity index is 1.26. The van der Waals surface area contributed by atoms with E-state index < -0.39 is 35.2 Å². The van der Waals surface area contributed by atoms with Crippen LogP contribution in [0, 0.1) is 12.7 Å². The maximum atomic E-state index is 15.3. The van der Waals surface area contributed by atoms with Gasteiger partial charge in [0.25, 0.3) is 5.88 Å². The lowest BCUT2D eigenvalue weighted by atomic mass is 10.0. The van der Waals surface area contributed by atoms with Crippen LogP contribution in [0.4, 0.5) is 33.7 Å². The predicted octanol–water partition coefficient (Wildman–Crippen LogP) is 6.36. The van der Waals surface area contributed by atoms with Crippen LogP contribution in [0.15, 0.2) is 54.9 Å². The molecule has 5 rings (SSSR count). The van der Waals surface area contributed by atoms with Gasteiger partial charge in [0.2, 0.25) is 0 Å². The fraction of sp³-hybridized carbons (Fsp3) is 0.378. The molecule has 0 radical (unpaired) electrons. The van der Waals surface area contributed by atoms with Crippen molar-refractivity contribution < 1.29 is 46.1 Å². The molecule has 2 aromatic carbocycles. The molecule has 2 amide bonds. The van der Waals surface area contributed by atoms with Gasteiger partial charge in [-0.25, -0.2) is 24.1 Å². The fourth-order valence-electron chi connectivity index (χ4n) is 5.76. The summed E-state index contributed by atoms with van der Waals surface area (Å²) in [5.74, 6) is 0.104. The number of benzene rings is 2. The molecule has 0 spiro atoms. The van der Waals surface area contributed by atoms with Gasteiger partial charge in [-0.05, 0) is 61.7 Å². The van der Waals surface area contributed by atoms with E-state index in [1.165, 1.54) is 19.3 Å². The Kier molecular flexibility index (Phi) is 13.2. The second-order valence-electron chi connectivity index (χ2n) is 12.3. The third-order valence-electron chi connectivity index (χ3n) is 8.49. The predicted molar refractivity (Wildman–Crippen MR) is 191 cm³/mol. The molecule has 1 aliphatic heterocycles. The van der Waals surface area contributed by atoms with Gasteiger partial charge >= 0.3 is 18.2 Å². The summed E-state index contributed by atoms with van der Waals surface area (Å²) in [6.45, 7) is 6.55. The largest absolute Gasteiger partial charge is 0.497 e. The molecule has 17 heteroatoms. The third kappa shape index (κ3) is 10.5. The quantitative estimate of drug-likeness (QED) is 0.0975. The first-order valence-corrected chi connectivity index (χ1v) is 17.1. The normalized spacial score (nSPS) is 14.6. The summed E-state index contributed by atoms with van der Waals surface area (Å²) >= 11 is 0. The van der Waals surface area contributed by atoms with Crippen LogP contribution in [0.25, 0.3) is 11.4 Å². The number of pyridine rings is 1. The van der Waals surface area contributed by atoms with E-state index >= 15 is 4.39 Å². The van der Waals surface area contributed by atoms with Gasteiger partial charge in [-0.2, -0.15) is 13.2 Å².